The lowest BCUT2D eigenvalue weighted by molar-refractivity contribution is 0.469. The van der Waals surface area contributed by atoms with E-state index in [2.05, 4.69) is 152 Å². The maximum absolute atomic E-state index is 10.1. The number of phenols is 7. The van der Waals surface area contributed by atoms with E-state index in [1.807, 2.05) is 113 Å². The molecule has 7 N–H and O–H groups in total. The van der Waals surface area contributed by atoms with Crippen molar-refractivity contribution in [3.63, 3.8) is 0 Å². The highest BCUT2D eigenvalue weighted by molar-refractivity contribution is 6.32. The van der Waals surface area contributed by atoms with Gasteiger partial charge >= 0.3 is 0 Å². The van der Waals surface area contributed by atoms with Gasteiger partial charge in [0.05, 0.1) is 10.0 Å². The van der Waals surface area contributed by atoms with Gasteiger partial charge in [-0.2, -0.15) is 0 Å². The van der Waals surface area contributed by atoms with E-state index in [9.17, 15) is 35.7 Å². The molecule has 12 aromatic rings. The van der Waals surface area contributed by atoms with Gasteiger partial charge in [0.1, 0.15) is 40.2 Å². The van der Waals surface area contributed by atoms with Crippen molar-refractivity contribution in [2.45, 2.75) is 110 Å². The second kappa shape index (κ2) is 30.1. The molecule has 99 heavy (non-hydrogen) atoms. The second-order valence-corrected chi connectivity index (χ2v) is 28.8. The van der Waals surface area contributed by atoms with Crippen LogP contribution in [-0.4, -0.2) is 35.7 Å². The van der Waals surface area contributed by atoms with Crippen LogP contribution in [0.5, 0.6) is 40.2 Å². The molecule has 0 spiro atoms. The van der Waals surface area contributed by atoms with Gasteiger partial charge in [0.15, 0.2) is 0 Å². The molecule has 504 valence electrons. The van der Waals surface area contributed by atoms with Crippen LogP contribution in [0.3, 0.4) is 0 Å². The SMILES string of the molecule is Cc1cc(C(c2ccc(C(C)(C)c3ccc(O)c(C)c3)cc2)c2ccc(O)c(C)c2)ccc1O.Cc1ccc(C(c2ccc(C(C)(C)c3ccc(O)c(Cl)c3)cc2)c2ccc(O)c(Cl)c2)cc1Cl.Cc1ccc(C(c2ccc(O)cc2)c2ccc(C(C)(C)c3ccc(O)cc3)cc2)cc1. The van der Waals surface area contributed by atoms with Crippen LogP contribution in [0.4, 0.5) is 0 Å². The van der Waals surface area contributed by atoms with Crippen LogP contribution in [0, 0.1) is 34.6 Å². The van der Waals surface area contributed by atoms with Gasteiger partial charge in [0.25, 0.3) is 0 Å². The lowest BCUT2D eigenvalue weighted by Gasteiger charge is -2.28. The van der Waals surface area contributed by atoms with Crippen LogP contribution in [0.1, 0.15) is 171 Å². The molecular formula is C89H85Cl3O7. The highest BCUT2D eigenvalue weighted by Gasteiger charge is 2.29. The number of hydrogen-bond acceptors (Lipinski definition) is 7. The molecule has 0 fully saturated rings. The van der Waals surface area contributed by atoms with Crippen molar-refractivity contribution in [1.82, 2.24) is 0 Å². The Morgan fingerprint density at radius 1 is 0.222 bits per heavy atom. The van der Waals surface area contributed by atoms with Gasteiger partial charge in [-0.15, -0.1) is 0 Å². The first-order chi connectivity index (χ1) is 47.0. The Morgan fingerprint density at radius 3 is 0.828 bits per heavy atom. The fourth-order valence-electron chi connectivity index (χ4n) is 13.0. The summed E-state index contributed by atoms with van der Waals surface area (Å²) in [6.07, 6.45) is 0. The number of aromatic hydroxyl groups is 7. The van der Waals surface area contributed by atoms with E-state index < -0.39 is 0 Å². The van der Waals surface area contributed by atoms with Crippen LogP contribution in [-0.2, 0) is 16.2 Å². The van der Waals surface area contributed by atoms with Gasteiger partial charge in [-0.1, -0.05) is 264 Å². The maximum atomic E-state index is 10.1. The lowest BCUT2D eigenvalue weighted by atomic mass is 9.76. The topological polar surface area (TPSA) is 142 Å². The molecule has 12 rings (SSSR count). The molecule has 0 aliphatic carbocycles. The third-order valence-corrected chi connectivity index (χ3v) is 20.7. The standard InChI is InChI=1S/C31H32O3.C29H25Cl3O2.C29H28O2/c1-19-16-23(8-13-27(19)32)30(24-9-14-28(33)20(2)17-24)22-6-10-25(11-7-22)31(4,5)26-12-15-29(34)21(3)18-26;1-17-4-5-19(14-23(17)30)28(20-8-12-26(33)24(31)15-20)18-6-9-21(10-7-18)29(2,3)22-11-13-27(34)25(32)16-22;1-20-4-6-21(7-5-20)28(23-10-16-26(30)17-11-23)22-8-12-24(13-9-22)29(2,3)25-14-18-27(31)19-15-25/h6-18,30,32-34H,1-5H3;4-16,28,33-34H,1-3H3;4-19,28,30-31H,1-3H3. The summed E-state index contributed by atoms with van der Waals surface area (Å²) in [4.78, 5) is 0. The fourth-order valence-corrected chi connectivity index (χ4v) is 13.5. The average molecular weight is 1370 g/mol. The van der Waals surface area contributed by atoms with Gasteiger partial charge in [0, 0.05) is 39.0 Å². The fraction of sp³-hybridized carbons (Fsp3) is 0.191. The molecule has 0 bridgehead atoms. The van der Waals surface area contributed by atoms with Crippen molar-refractivity contribution in [3.8, 4) is 40.2 Å². The van der Waals surface area contributed by atoms with Crippen molar-refractivity contribution in [2.24, 2.45) is 0 Å². The van der Waals surface area contributed by atoms with Crippen LogP contribution in [0.2, 0.25) is 15.1 Å². The Kier molecular flexibility index (Phi) is 21.8. The molecule has 0 aliphatic heterocycles. The molecule has 10 heteroatoms. The number of benzene rings is 12. The van der Waals surface area contributed by atoms with Crippen molar-refractivity contribution >= 4 is 34.8 Å². The molecule has 0 heterocycles. The minimum atomic E-state index is -0.319. The Hall–Kier alpha value is -9.89. The van der Waals surface area contributed by atoms with Gasteiger partial charge in [-0.25, -0.2) is 0 Å². The molecule has 0 aromatic heterocycles. The molecule has 2 unspecified atom stereocenters. The van der Waals surface area contributed by atoms with Gasteiger partial charge in [-0.05, 0) is 213 Å². The summed E-state index contributed by atoms with van der Waals surface area (Å²) in [6.45, 7) is 22.8. The van der Waals surface area contributed by atoms with Crippen LogP contribution in [0.25, 0.3) is 0 Å². The molecule has 0 radical (unpaired) electrons. The normalized spacial score (nSPS) is 12.2. The van der Waals surface area contributed by atoms with E-state index in [4.69, 9.17) is 34.8 Å². The molecular weight excluding hydrogens is 1290 g/mol. The lowest BCUT2D eigenvalue weighted by Crippen LogP contribution is -2.19. The predicted octanol–water partition coefficient (Wildman–Crippen LogP) is 23.0. The Bertz CT molecular complexity index is 4430. The summed E-state index contributed by atoms with van der Waals surface area (Å²) in [5.74, 6) is 1.50. The molecule has 0 aliphatic rings. The van der Waals surface area contributed by atoms with E-state index in [0.29, 0.717) is 20.8 Å². The first kappa shape index (κ1) is 71.9. The summed E-state index contributed by atoms with van der Waals surface area (Å²) in [6, 6.07) is 83.5. The molecule has 2 atom stereocenters. The average Bonchev–Trinajstić information content (AvgIpc) is 0.797. The predicted molar refractivity (Wildman–Crippen MR) is 407 cm³/mol. The molecule has 12 aromatic carbocycles. The van der Waals surface area contributed by atoms with E-state index in [1.165, 1.54) is 27.8 Å². The smallest absolute Gasteiger partial charge is 0.134 e. The quantitative estimate of drug-likeness (QED) is 0.0507. The molecule has 7 nitrogen and oxygen atoms in total. The number of aryl methyl sites for hydroxylation is 5. The molecule has 0 saturated heterocycles. The number of phenolic OH excluding ortho intramolecular Hbond substituents is 7. The Balaban J connectivity index is 0.000000161. The van der Waals surface area contributed by atoms with Crippen molar-refractivity contribution in [2.75, 3.05) is 0 Å². The van der Waals surface area contributed by atoms with E-state index in [0.717, 1.165) is 83.5 Å². The minimum absolute atomic E-state index is 0.0355. The van der Waals surface area contributed by atoms with Crippen LogP contribution >= 0.6 is 34.8 Å². The number of halogens is 3. The highest BCUT2D eigenvalue weighted by atomic mass is 35.5. The molecule has 0 amide bonds. The zero-order valence-corrected chi connectivity index (χ0v) is 60.0. The van der Waals surface area contributed by atoms with Gasteiger partial charge in [-0.3, -0.25) is 0 Å². The van der Waals surface area contributed by atoms with E-state index >= 15 is 0 Å². The minimum Gasteiger partial charge on any atom is -0.508 e. The summed E-state index contributed by atoms with van der Waals surface area (Å²) in [7, 11) is 0. The second-order valence-electron chi connectivity index (χ2n) is 27.6. The first-order valence-electron chi connectivity index (χ1n) is 33.1. The molecule has 0 saturated carbocycles. The van der Waals surface area contributed by atoms with Gasteiger partial charge < -0.3 is 35.7 Å². The summed E-state index contributed by atoms with van der Waals surface area (Å²) in [5.41, 5.74) is 20.8. The zero-order valence-electron chi connectivity index (χ0n) is 57.7. The summed E-state index contributed by atoms with van der Waals surface area (Å²) >= 11 is 18.9. The third kappa shape index (κ3) is 16.3. The van der Waals surface area contributed by atoms with E-state index in [-0.39, 0.29) is 68.5 Å². The van der Waals surface area contributed by atoms with Crippen molar-refractivity contribution < 1.29 is 35.7 Å². The Labute approximate surface area is 598 Å². The van der Waals surface area contributed by atoms with Crippen LogP contribution in [0.15, 0.2) is 255 Å². The number of hydrogen-bond donors (Lipinski definition) is 7. The van der Waals surface area contributed by atoms with Gasteiger partial charge in [0.2, 0.25) is 0 Å². The summed E-state index contributed by atoms with van der Waals surface area (Å²) < 4.78 is 0. The van der Waals surface area contributed by atoms with Crippen LogP contribution < -0.4 is 0 Å². The maximum Gasteiger partial charge on any atom is 0.134 e. The number of rotatable bonds is 15. The summed E-state index contributed by atoms with van der Waals surface area (Å²) in [5, 5.41) is 70.5. The van der Waals surface area contributed by atoms with Crippen molar-refractivity contribution in [1.29, 1.82) is 0 Å². The Morgan fingerprint density at radius 2 is 0.465 bits per heavy atom. The first-order valence-corrected chi connectivity index (χ1v) is 34.2. The van der Waals surface area contributed by atoms with E-state index in [1.54, 1.807) is 66.7 Å². The highest BCUT2D eigenvalue weighted by Crippen LogP contribution is 2.43. The monoisotopic (exact) mass is 1370 g/mol. The third-order valence-electron chi connectivity index (χ3n) is 19.7. The zero-order chi connectivity index (χ0) is 71.3. The van der Waals surface area contributed by atoms with Crippen molar-refractivity contribution in [3.05, 3.63) is 381 Å². The largest absolute Gasteiger partial charge is 0.508 e.